The van der Waals surface area contributed by atoms with Gasteiger partial charge >= 0.3 is 0 Å². The molecule has 0 aliphatic carbocycles. The van der Waals surface area contributed by atoms with E-state index in [1.54, 1.807) is 0 Å². The first-order chi connectivity index (χ1) is 12.2. The average molecular weight is 341 g/mol. The minimum atomic E-state index is 0.716. The molecule has 0 aliphatic heterocycles. The van der Waals surface area contributed by atoms with Gasteiger partial charge in [-0.15, -0.1) is 0 Å². The highest BCUT2D eigenvalue weighted by atomic mass is 16.5. The number of unbranched alkanes of at least 4 members (excludes halogenated alkanes) is 3. The Labute approximate surface area is 152 Å². The number of nitrogens with zero attached hydrogens (tertiary/aromatic N) is 2. The third-order valence-corrected chi connectivity index (χ3v) is 4.71. The second-order valence-corrected chi connectivity index (χ2v) is 6.90. The Morgan fingerprint density at radius 1 is 0.960 bits per heavy atom. The van der Waals surface area contributed by atoms with Crippen LogP contribution in [0.1, 0.15) is 64.9 Å². The van der Waals surface area contributed by atoms with E-state index in [4.69, 9.17) is 4.74 Å². The molecule has 0 spiro atoms. The van der Waals surface area contributed by atoms with Crippen molar-refractivity contribution in [1.29, 1.82) is 0 Å². The van der Waals surface area contributed by atoms with E-state index >= 15 is 0 Å². The Kier molecular flexibility index (Phi) is 8.44. The van der Waals surface area contributed by atoms with E-state index in [1.165, 1.54) is 37.7 Å². The zero-order valence-corrected chi connectivity index (χ0v) is 16.0. The summed E-state index contributed by atoms with van der Waals surface area (Å²) in [6, 6.07) is 8.09. The Morgan fingerprint density at radius 3 is 2.32 bits per heavy atom. The van der Waals surface area contributed by atoms with E-state index in [1.807, 2.05) is 36.7 Å². The zero-order valence-electron chi connectivity index (χ0n) is 16.0. The van der Waals surface area contributed by atoms with Crippen LogP contribution < -0.4 is 4.74 Å². The first-order valence-corrected chi connectivity index (χ1v) is 9.77. The van der Waals surface area contributed by atoms with Gasteiger partial charge in [0.05, 0.1) is 6.61 Å². The summed E-state index contributed by atoms with van der Waals surface area (Å²) < 4.78 is 5.81. The molecular formula is C22H32N2O. The minimum absolute atomic E-state index is 0.716. The van der Waals surface area contributed by atoms with Crippen molar-refractivity contribution < 1.29 is 4.74 Å². The molecule has 1 aromatic heterocycles. The molecule has 0 amide bonds. The van der Waals surface area contributed by atoms with Crippen LogP contribution in [0.4, 0.5) is 0 Å². The number of hydrogen-bond donors (Lipinski definition) is 0. The van der Waals surface area contributed by atoms with Crippen molar-refractivity contribution in [3.8, 4) is 17.1 Å². The van der Waals surface area contributed by atoms with Crippen molar-refractivity contribution in [3.05, 3.63) is 42.2 Å². The second-order valence-electron chi connectivity index (χ2n) is 6.90. The number of hydrogen-bond acceptors (Lipinski definition) is 3. The van der Waals surface area contributed by atoms with Gasteiger partial charge in [-0.2, -0.15) is 0 Å². The third-order valence-electron chi connectivity index (χ3n) is 4.71. The molecule has 3 nitrogen and oxygen atoms in total. The lowest BCUT2D eigenvalue weighted by Crippen LogP contribution is -2.03. The number of aryl methyl sites for hydroxylation is 1. The molecule has 0 fully saturated rings. The van der Waals surface area contributed by atoms with Gasteiger partial charge in [0, 0.05) is 18.0 Å². The van der Waals surface area contributed by atoms with Crippen LogP contribution in [0.25, 0.3) is 11.4 Å². The van der Waals surface area contributed by atoms with E-state index in [-0.39, 0.29) is 0 Å². The number of rotatable bonds is 11. The molecule has 136 valence electrons. The fourth-order valence-electron chi connectivity index (χ4n) is 2.67. The monoisotopic (exact) mass is 340 g/mol. The summed E-state index contributed by atoms with van der Waals surface area (Å²) in [5.41, 5.74) is 2.26. The molecule has 0 radical (unpaired) electrons. The lowest BCUT2D eigenvalue weighted by atomic mass is 10.1. The van der Waals surface area contributed by atoms with Crippen molar-refractivity contribution >= 4 is 0 Å². The smallest absolute Gasteiger partial charge is 0.159 e. The lowest BCUT2D eigenvalue weighted by Gasteiger charge is -2.10. The predicted octanol–water partition coefficient (Wildman–Crippen LogP) is 6.08. The van der Waals surface area contributed by atoms with E-state index in [9.17, 15) is 0 Å². The van der Waals surface area contributed by atoms with Gasteiger partial charge < -0.3 is 4.74 Å². The second kappa shape index (κ2) is 10.9. The van der Waals surface area contributed by atoms with Crippen molar-refractivity contribution in [1.82, 2.24) is 9.97 Å². The molecule has 0 bridgehead atoms. The predicted molar refractivity (Wildman–Crippen MR) is 105 cm³/mol. The number of benzene rings is 1. The summed E-state index contributed by atoms with van der Waals surface area (Å²) in [6.07, 6.45) is 12.4. The maximum atomic E-state index is 5.81. The minimum Gasteiger partial charge on any atom is -0.494 e. The first kappa shape index (κ1) is 19.4. The van der Waals surface area contributed by atoms with Crippen LogP contribution in [0.5, 0.6) is 5.75 Å². The highest BCUT2D eigenvalue weighted by Gasteiger charge is 2.04. The highest BCUT2D eigenvalue weighted by Crippen LogP contribution is 2.20. The summed E-state index contributed by atoms with van der Waals surface area (Å²) in [5.74, 6) is 2.41. The van der Waals surface area contributed by atoms with Gasteiger partial charge in [0.15, 0.2) is 5.82 Å². The number of aromatic nitrogens is 2. The summed E-state index contributed by atoms with van der Waals surface area (Å²) >= 11 is 0. The van der Waals surface area contributed by atoms with E-state index < -0.39 is 0 Å². The molecular weight excluding hydrogens is 308 g/mol. The summed E-state index contributed by atoms with van der Waals surface area (Å²) in [7, 11) is 0. The SMILES string of the molecule is CCCCCCc1cnc(-c2ccc(OCC[C@@H](C)CC)cc2)nc1. The standard InChI is InChI=1S/C22H32N2O/c1-4-6-7-8-9-19-16-23-22(24-17-19)20-10-12-21(13-11-20)25-15-14-18(3)5-2/h10-13,16-18H,4-9,14-15H2,1-3H3/t18-/m0/s1. The van der Waals surface area contributed by atoms with Crippen molar-refractivity contribution in [2.75, 3.05) is 6.61 Å². The van der Waals surface area contributed by atoms with Crippen molar-refractivity contribution in [2.45, 2.75) is 65.7 Å². The van der Waals surface area contributed by atoms with E-state index in [0.29, 0.717) is 5.92 Å². The Balaban J connectivity index is 1.84. The normalized spacial score (nSPS) is 12.1. The van der Waals surface area contributed by atoms with Gasteiger partial charge in [-0.05, 0) is 55.0 Å². The molecule has 3 heteroatoms. The third kappa shape index (κ3) is 6.85. The lowest BCUT2D eigenvalue weighted by molar-refractivity contribution is 0.282. The molecule has 0 saturated carbocycles. The maximum absolute atomic E-state index is 5.81. The molecule has 1 atom stereocenters. The molecule has 0 unspecified atom stereocenters. The summed E-state index contributed by atoms with van der Waals surface area (Å²) in [5, 5.41) is 0. The average Bonchev–Trinajstić information content (AvgIpc) is 2.66. The van der Waals surface area contributed by atoms with Crippen LogP contribution in [-0.4, -0.2) is 16.6 Å². The quantitative estimate of drug-likeness (QED) is 0.465. The molecule has 2 rings (SSSR count). The Bertz CT molecular complexity index is 592. The van der Waals surface area contributed by atoms with Gasteiger partial charge in [0.1, 0.15) is 5.75 Å². The summed E-state index contributed by atoms with van der Waals surface area (Å²) in [6.45, 7) is 7.49. The van der Waals surface area contributed by atoms with Crippen LogP contribution in [0, 0.1) is 5.92 Å². The molecule has 2 aromatic rings. The Hall–Kier alpha value is -1.90. The van der Waals surface area contributed by atoms with Gasteiger partial charge in [-0.25, -0.2) is 9.97 Å². The van der Waals surface area contributed by atoms with Crippen LogP contribution >= 0.6 is 0 Å². The zero-order chi connectivity index (χ0) is 17.9. The Morgan fingerprint density at radius 2 is 1.68 bits per heavy atom. The van der Waals surface area contributed by atoms with Crippen LogP contribution in [-0.2, 0) is 6.42 Å². The topological polar surface area (TPSA) is 35.0 Å². The molecule has 1 heterocycles. The largest absolute Gasteiger partial charge is 0.494 e. The van der Waals surface area contributed by atoms with E-state index in [0.717, 1.165) is 36.6 Å². The highest BCUT2D eigenvalue weighted by molar-refractivity contribution is 5.55. The van der Waals surface area contributed by atoms with Crippen molar-refractivity contribution in [3.63, 3.8) is 0 Å². The van der Waals surface area contributed by atoms with Crippen LogP contribution in [0.2, 0.25) is 0 Å². The van der Waals surface area contributed by atoms with Gasteiger partial charge in [0.25, 0.3) is 0 Å². The van der Waals surface area contributed by atoms with E-state index in [2.05, 4.69) is 30.7 Å². The van der Waals surface area contributed by atoms with Crippen molar-refractivity contribution in [2.24, 2.45) is 5.92 Å². The summed E-state index contributed by atoms with van der Waals surface area (Å²) in [4.78, 5) is 9.04. The molecule has 1 aromatic carbocycles. The molecule has 0 N–H and O–H groups in total. The van der Waals surface area contributed by atoms with Gasteiger partial charge in [0.2, 0.25) is 0 Å². The number of ether oxygens (including phenoxy) is 1. The fourth-order valence-corrected chi connectivity index (χ4v) is 2.67. The van der Waals surface area contributed by atoms with Crippen LogP contribution in [0.15, 0.2) is 36.7 Å². The first-order valence-electron chi connectivity index (χ1n) is 9.77. The van der Waals surface area contributed by atoms with Gasteiger partial charge in [-0.1, -0.05) is 46.5 Å². The van der Waals surface area contributed by atoms with Gasteiger partial charge in [-0.3, -0.25) is 0 Å². The molecule has 0 aliphatic rings. The fraction of sp³-hybridized carbons (Fsp3) is 0.545. The van der Waals surface area contributed by atoms with Crippen LogP contribution in [0.3, 0.4) is 0 Å². The maximum Gasteiger partial charge on any atom is 0.159 e. The molecule has 25 heavy (non-hydrogen) atoms. The molecule has 0 saturated heterocycles.